The number of aromatic amines is 1. The zero-order chi connectivity index (χ0) is 17.9. The first kappa shape index (κ1) is 16.1. The highest BCUT2D eigenvalue weighted by molar-refractivity contribution is 6.00. The van der Waals surface area contributed by atoms with Gasteiger partial charge in [0.15, 0.2) is 0 Å². The first-order chi connectivity index (χ1) is 12.7. The van der Waals surface area contributed by atoms with Gasteiger partial charge in [0.2, 0.25) is 5.91 Å². The van der Waals surface area contributed by atoms with Crippen molar-refractivity contribution in [1.29, 1.82) is 0 Å². The number of rotatable bonds is 5. The van der Waals surface area contributed by atoms with Crippen LogP contribution in [0, 0.1) is 6.92 Å². The zero-order valence-electron chi connectivity index (χ0n) is 14.4. The van der Waals surface area contributed by atoms with E-state index in [1.54, 1.807) is 12.5 Å². The highest BCUT2D eigenvalue weighted by Crippen LogP contribution is 2.19. The Bertz CT molecular complexity index is 1110. The molecule has 0 unspecified atom stereocenters. The van der Waals surface area contributed by atoms with Gasteiger partial charge in [-0.05, 0) is 25.1 Å². The molecule has 0 bridgehead atoms. The Labute approximate surface area is 150 Å². The standard InChI is InChI=1S/C20H19N5O/c1-14-16(15-6-2-3-7-17(15)23-14)12-22-24-20(26)10-11-25-13-21-18-8-4-5-9-19(18)25/h2-9,12-13,23H,10-11H2,1H3,(H,24,26)/b22-12+. The summed E-state index contributed by atoms with van der Waals surface area (Å²) in [5.74, 6) is -0.128. The fraction of sp³-hybridized carbons (Fsp3) is 0.150. The van der Waals surface area contributed by atoms with Crippen LogP contribution in [0.15, 0.2) is 60.0 Å². The van der Waals surface area contributed by atoms with E-state index in [0.29, 0.717) is 13.0 Å². The smallest absolute Gasteiger partial charge is 0.241 e. The largest absolute Gasteiger partial charge is 0.358 e. The molecule has 0 saturated heterocycles. The third kappa shape index (κ3) is 3.09. The SMILES string of the molecule is Cc1[nH]c2ccccc2c1/C=N/NC(=O)CCn1cnc2ccccc21. The number of benzene rings is 2. The first-order valence-corrected chi connectivity index (χ1v) is 8.51. The first-order valence-electron chi connectivity index (χ1n) is 8.51. The Balaban J connectivity index is 1.39. The fourth-order valence-corrected chi connectivity index (χ4v) is 3.10. The van der Waals surface area contributed by atoms with Crippen LogP contribution in [-0.2, 0) is 11.3 Å². The second kappa shape index (κ2) is 6.84. The molecule has 4 aromatic rings. The number of H-pyrrole nitrogens is 1. The molecule has 2 N–H and O–H groups in total. The van der Waals surface area contributed by atoms with E-state index in [9.17, 15) is 4.79 Å². The summed E-state index contributed by atoms with van der Waals surface area (Å²) in [6.07, 6.45) is 3.79. The lowest BCUT2D eigenvalue weighted by molar-refractivity contribution is -0.121. The van der Waals surface area contributed by atoms with Gasteiger partial charge >= 0.3 is 0 Å². The molecule has 1 amide bonds. The summed E-state index contributed by atoms with van der Waals surface area (Å²) < 4.78 is 1.97. The second-order valence-corrected chi connectivity index (χ2v) is 6.18. The molecular formula is C20H19N5O. The maximum absolute atomic E-state index is 12.1. The average molecular weight is 345 g/mol. The lowest BCUT2D eigenvalue weighted by Crippen LogP contribution is -2.19. The monoisotopic (exact) mass is 345 g/mol. The molecule has 130 valence electrons. The van der Waals surface area contributed by atoms with Gasteiger partial charge in [0, 0.05) is 35.1 Å². The van der Waals surface area contributed by atoms with Gasteiger partial charge in [0.25, 0.3) is 0 Å². The summed E-state index contributed by atoms with van der Waals surface area (Å²) in [7, 11) is 0. The molecular weight excluding hydrogens is 326 g/mol. The van der Waals surface area contributed by atoms with E-state index in [2.05, 4.69) is 20.5 Å². The van der Waals surface area contributed by atoms with Gasteiger partial charge in [-0.3, -0.25) is 4.79 Å². The number of nitrogens with zero attached hydrogens (tertiary/aromatic N) is 3. The van der Waals surface area contributed by atoms with Crippen LogP contribution in [0.3, 0.4) is 0 Å². The van der Waals surface area contributed by atoms with Crippen molar-refractivity contribution in [3.05, 3.63) is 66.1 Å². The molecule has 6 heteroatoms. The Morgan fingerprint density at radius 2 is 2.04 bits per heavy atom. The summed E-state index contributed by atoms with van der Waals surface area (Å²) in [5.41, 5.74) is 7.63. The molecule has 0 spiro atoms. The van der Waals surface area contributed by atoms with Crippen molar-refractivity contribution in [2.75, 3.05) is 0 Å². The third-order valence-electron chi connectivity index (χ3n) is 4.43. The average Bonchev–Trinajstić information content (AvgIpc) is 3.21. The van der Waals surface area contributed by atoms with E-state index in [-0.39, 0.29) is 5.91 Å². The van der Waals surface area contributed by atoms with E-state index in [1.165, 1.54) is 0 Å². The number of amides is 1. The zero-order valence-corrected chi connectivity index (χ0v) is 14.4. The molecule has 0 aliphatic heterocycles. The molecule has 26 heavy (non-hydrogen) atoms. The van der Waals surface area contributed by atoms with E-state index < -0.39 is 0 Å². The number of aryl methyl sites for hydroxylation is 2. The molecule has 6 nitrogen and oxygen atoms in total. The van der Waals surface area contributed by atoms with Crippen LogP contribution in [0.2, 0.25) is 0 Å². The van der Waals surface area contributed by atoms with Crippen LogP contribution in [0.1, 0.15) is 17.7 Å². The number of aromatic nitrogens is 3. The number of hydrazone groups is 1. The molecule has 4 rings (SSSR count). The summed E-state index contributed by atoms with van der Waals surface area (Å²) in [6.45, 7) is 2.56. The lowest BCUT2D eigenvalue weighted by Gasteiger charge is -2.03. The van der Waals surface area contributed by atoms with Gasteiger partial charge in [0.1, 0.15) is 0 Å². The predicted molar refractivity (Wildman–Crippen MR) is 103 cm³/mol. The van der Waals surface area contributed by atoms with E-state index >= 15 is 0 Å². The molecule has 0 fully saturated rings. The number of fused-ring (bicyclic) bond motifs is 2. The number of hydrogen-bond donors (Lipinski definition) is 2. The van der Waals surface area contributed by atoms with Gasteiger partial charge in [-0.25, -0.2) is 10.4 Å². The van der Waals surface area contributed by atoms with Crippen molar-refractivity contribution in [3.63, 3.8) is 0 Å². The van der Waals surface area contributed by atoms with E-state index in [4.69, 9.17) is 0 Å². The molecule has 0 aliphatic carbocycles. The van der Waals surface area contributed by atoms with Crippen LogP contribution in [-0.4, -0.2) is 26.7 Å². The van der Waals surface area contributed by atoms with Crippen molar-refractivity contribution in [1.82, 2.24) is 20.0 Å². The van der Waals surface area contributed by atoms with Gasteiger partial charge in [-0.2, -0.15) is 5.10 Å². The Hall–Kier alpha value is -3.41. The number of nitrogens with one attached hydrogen (secondary N) is 2. The summed E-state index contributed by atoms with van der Waals surface area (Å²) in [6, 6.07) is 15.9. The summed E-state index contributed by atoms with van der Waals surface area (Å²) >= 11 is 0. The highest BCUT2D eigenvalue weighted by Gasteiger charge is 2.07. The quantitative estimate of drug-likeness (QED) is 0.430. The molecule has 2 heterocycles. The Kier molecular flexibility index (Phi) is 4.23. The van der Waals surface area contributed by atoms with Gasteiger partial charge in [0.05, 0.1) is 23.6 Å². The van der Waals surface area contributed by atoms with E-state index in [0.717, 1.165) is 33.2 Å². The number of carbonyl (C=O) groups excluding carboxylic acids is 1. The van der Waals surface area contributed by atoms with Crippen LogP contribution in [0.25, 0.3) is 21.9 Å². The molecule has 2 aromatic carbocycles. The van der Waals surface area contributed by atoms with E-state index in [1.807, 2.05) is 60.0 Å². The lowest BCUT2D eigenvalue weighted by atomic mass is 10.1. The van der Waals surface area contributed by atoms with Crippen molar-refractivity contribution in [2.45, 2.75) is 19.9 Å². The van der Waals surface area contributed by atoms with Crippen molar-refractivity contribution in [3.8, 4) is 0 Å². The van der Waals surface area contributed by atoms with Crippen molar-refractivity contribution < 1.29 is 4.79 Å². The molecule has 2 aromatic heterocycles. The topological polar surface area (TPSA) is 75.1 Å². The summed E-state index contributed by atoms with van der Waals surface area (Å²) in [4.78, 5) is 19.7. The Morgan fingerprint density at radius 3 is 2.96 bits per heavy atom. The van der Waals surface area contributed by atoms with Crippen LogP contribution in [0.4, 0.5) is 0 Å². The number of carbonyl (C=O) groups is 1. The minimum absolute atomic E-state index is 0.128. The minimum atomic E-state index is -0.128. The maximum Gasteiger partial charge on any atom is 0.241 e. The number of para-hydroxylation sites is 3. The second-order valence-electron chi connectivity index (χ2n) is 6.18. The van der Waals surface area contributed by atoms with Crippen molar-refractivity contribution in [2.24, 2.45) is 5.10 Å². The number of imidazole rings is 1. The Morgan fingerprint density at radius 1 is 1.23 bits per heavy atom. The maximum atomic E-state index is 12.1. The molecule has 0 saturated carbocycles. The van der Waals surface area contributed by atoms with Gasteiger partial charge < -0.3 is 9.55 Å². The highest BCUT2D eigenvalue weighted by atomic mass is 16.2. The van der Waals surface area contributed by atoms with Gasteiger partial charge in [-0.15, -0.1) is 0 Å². The normalized spacial score (nSPS) is 11.6. The fourth-order valence-electron chi connectivity index (χ4n) is 3.10. The molecule has 0 radical (unpaired) electrons. The number of hydrogen-bond acceptors (Lipinski definition) is 3. The predicted octanol–water partition coefficient (Wildman–Crippen LogP) is 3.37. The van der Waals surface area contributed by atoms with Crippen LogP contribution < -0.4 is 5.43 Å². The molecule has 0 atom stereocenters. The van der Waals surface area contributed by atoms with Gasteiger partial charge in [-0.1, -0.05) is 30.3 Å². The summed E-state index contributed by atoms with van der Waals surface area (Å²) in [5, 5.41) is 5.21. The molecule has 0 aliphatic rings. The van der Waals surface area contributed by atoms with Crippen LogP contribution in [0.5, 0.6) is 0 Å². The third-order valence-corrected chi connectivity index (χ3v) is 4.43. The minimum Gasteiger partial charge on any atom is -0.358 e. The van der Waals surface area contributed by atoms with Crippen molar-refractivity contribution >= 4 is 34.1 Å². The van der Waals surface area contributed by atoms with Crippen LogP contribution >= 0.6 is 0 Å².